The van der Waals surface area contributed by atoms with Crippen molar-refractivity contribution in [3.8, 4) is 5.75 Å². The highest BCUT2D eigenvalue weighted by atomic mass is 32.2. The lowest BCUT2D eigenvalue weighted by Crippen LogP contribution is -2.41. The van der Waals surface area contributed by atoms with Crippen LogP contribution in [0.5, 0.6) is 5.75 Å². The molecule has 4 heteroatoms. The van der Waals surface area contributed by atoms with Gasteiger partial charge in [0.15, 0.2) is 4.99 Å². The third-order valence-electron chi connectivity index (χ3n) is 2.14. The monoisotopic (exact) mass is 208 g/mol. The van der Waals surface area contributed by atoms with Crippen molar-refractivity contribution in [3.63, 3.8) is 0 Å². The molecule has 0 spiro atoms. The second-order valence-corrected chi connectivity index (χ2v) is 4.18. The molecule has 0 aliphatic carbocycles. The Morgan fingerprint density at radius 3 is 2.57 bits per heavy atom. The van der Waals surface area contributed by atoms with Crippen molar-refractivity contribution >= 4 is 11.8 Å². The van der Waals surface area contributed by atoms with E-state index in [0.29, 0.717) is 0 Å². The Bertz CT molecular complexity index is 340. The first-order valence-corrected chi connectivity index (χ1v) is 5.16. The van der Waals surface area contributed by atoms with Crippen molar-refractivity contribution in [3.05, 3.63) is 41.4 Å². The molecule has 14 heavy (non-hydrogen) atoms. The van der Waals surface area contributed by atoms with E-state index in [0.717, 1.165) is 11.3 Å². The first-order valence-electron chi connectivity index (χ1n) is 4.28. The molecule has 0 amide bonds. The van der Waals surface area contributed by atoms with Crippen LogP contribution in [0, 0.1) is 0 Å². The van der Waals surface area contributed by atoms with Gasteiger partial charge in [-0.15, -0.1) is 0 Å². The molecular weight excluding hydrogens is 196 g/mol. The SMILES string of the molecule is COc1ccc(C2(N)NC=CS2)cc1. The number of benzene rings is 1. The van der Waals surface area contributed by atoms with Crippen molar-refractivity contribution in [2.75, 3.05) is 7.11 Å². The van der Waals surface area contributed by atoms with Gasteiger partial charge in [0.1, 0.15) is 5.75 Å². The maximum atomic E-state index is 6.12. The topological polar surface area (TPSA) is 47.3 Å². The zero-order valence-corrected chi connectivity index (χ0v) is 8.67. The van der Waals surface area contributed by atoms with E-state index in [1.165, 1.54) is 0 Å². The van der Waals surface area contributed by atoms with E-state index in [1.807, 2.05) is 35.9 Å². The summed E-state index contributed by atoms with van der Waals surface area (Å²) in [5.74, 6) is 0.841. The summed E-state index contributed by atoms with van der Waals surface area (Å²) >= 11 is 1.56. The number of nitrogens with one attached hydrogen (secondary N) is 1. The molecular formula is C10H12N2OS. The van der Waals surface area contributed by atoms with Gasteiger partial charge in [0.05, 0.1) is 7.11 Å². The van der Waals surface area contributed by atoms with Crippen LogP contribution in [-0.2, 0) is 4.99 Å². The molecule has 0 saturated carbocycles. The van der Waals surface area contributed by atoms with Crippen LogP contribution in [0.3, 0.4) is 0 Å². The largest absolute Gasteiger partial charge is 0.497 e. The molecule has 0 fully saturated rings. The van der Waals surface area contributed by atoms with E-state index in [1.54, 1.807) is 18.9 Å². The highest BCUT2D eigenvalue weighted by Gasteiger charge is 2.28. The van der Waals surface area contributed by atoms with Gasteiger partial charge < -0.3 is 10.1 Å². The maximum absolute atomic E-state index is 6.12. The van der Waals surface area contributed by atoms with Gasteiger partial charge in [0.2, 0.25) is 0 Å². The molecule has 0 saturated heterocycles. The minimum absolute atomic E-state index is 0.522. The molecule has 1 aromatic carbocycles. The molecule has 0 bridgehead atoms. The molecule has 1 aromatic rings. The summed E-state index contributed by atoms with van der Waals surface area (Å²) in [6.45, 7) is 0. The van der Waals surface area contributed by atoms with Gasteiger partial charge >= 0.3 is 0 Å². The van der Waals surface area contributed by atoms with Crippen LogP contribution < -0.4 is 15.8 Å². The Labute approximate surface area is 87.3 Å². The number of hydrogen-bond donors (Lipinski definition) is 2. The van der Waals surface area contributed by atoms with Crippen molar-refractivity contribution in [2.45, 2.75) is 4.99 Å². The number of nitrogens with two attached hydrogens (primary N) is 1. The van der Waals surface area contributed by atoms with Crippen LogP contribution in [0.15, 0.2) is 35.9 Å². The van der Waals surface area contributed by atoms with E-state index in [4.69, 9.17) is 10.5 Å². The highest BCUT2D eigenvalue weighted by molar-refractivity contribution is 8.03. The standard InChI is InChI=1S/C10H12N2OS/c1-13-9-4-2-8(3-5-9)10(11)12-6-7-14-10/h2-7,12H,11H2,1H3. The first kappa shape index (κ1) is 9.43. The Hall–Kier alpha value is -1.13. The summed E-state index contributed by atoms with van der Waals surface area (Å²) in [6, 6.07) is 7.74. The van der Waals surface area contributed by atoms with Crippen LogP contribution in [0.25, 0.3) is 0 Å². The number of hydrogen-bond acceptors (Lipinski definition) is 4. The average Bonchev–Trinajstić information content (AvgIpc) is 2.67. The normalized spacial score (nSPS) is 24.7. The van der Waals surface area contributed by atoms with Crippen molar-refractivity contribution < 1.29 is 4.74 Å². The lowest BCUT2D eigenvalue weighted by molar-refractivity contribution is 0.414. The number of rotatable bonds is 2. The fourth-order valence-electron chi connectivity index (χ4n) is 1.32. The van der Waals surface area contributed by atoms with Crippen LogP contribution in [0.2, 0.25) is 0 Å². The van der Waals surface area contributed by atoms with Gasteiger partial charge in [0, 0.05) is 11.8 Å². The fourth-order valence-corrected chi connectivity index (χ4v) is 2.08. The first-order chi connectivity index (χ1) is 6.74. The molecule has 1 atom stereocenters. The van der Waals surface area contributed by atoms with E-state index in [2.05, 4.69) is 5.32 Å². The van der Waals surface area contributed by atoms with E-state index in [-0.39, 0.29) is 0 Å². The molecule has 1 heterocycles. The lowest BCUT2D eigenvalue weighted by Gasteiger charge is -2.24. The van der Waals surface area contributed by atoms with Crippen molar-refractivity contribution in [2.24, 2.45) is 5.73 Å². The van der Waals surface area contributed by atoms with Crippen LogP contribution in [0.1, 0.15) is 5.56 Å². The maximum Gasteiger partial charge on any atom is 0.164 e. The highest BCUT2D eigenvalue weighted by Crippen LogP contribution is 2.33. The van der Waals surface area contributed by atoms with Gasteiger partial charge in [-0.3, -0.25) is 5.73 Å². The fraction of sp³-hybridized carbons (Fsp3) is 0.200. The van der Waals surface area contributed by atoms with E-state index < -0.39 is 4.99 Å². The van der Waals surface area contributed by atoms with Crippen molar-refractivity contribution in [1.82, 2.24) is 5.32 Å². The molecule has 1 unspecified atom stereocenters. The van der Waals surface area contributed by atoms with Crippen LogP contribution in [-0.4, -0.2) is 7.11 Å². The second-order valence-electron chi connectivity index (χ2n) is 3.03. The van der Waals surface area contributed by atoms with Crippen LogP contribution >= 0.6 is 11.8 Å². The van der Waals surface area contributed by atoms with Gasteiger partial charge in [-0.05, 0) is 17.5 Å². The summed E-state index contributed by atoms with van der Waals surface area (Å²) in [5, 5.41) is 5.05. The smallest absolute Gasteiger partial charge is 0.164 e. The Morgan fingerprint density at radius 2 is 2.07 bits per heavy atom. The molecule has 1 aliphatic rings. The third kappa shape index (κ3) is 1.58. The van der Waals surface area contributed by atoms with E-state index in [9.17, 15) is 0 Å². The van der Waals surface area contributed by atoms with E-state index >= 15 is 0 Å². The number of thioether (sulfide) groups is 1. The lowest BCUT2D eigenvalue weighted by atomic mass is 10.1. The summed E-state index contributed by atoms with van der Waals surface area (Å²) < 4.78 is 5.08. The van der Waals surface area contributed by atoms with Crippen molar-refractivity contribution in [1.29, 1.82) is 0 Å². The summed E-state index contributed by atoms with van der Waals surface area (Å²) in [6.07, 6.45) is 1.86. The molecule has 3 nitrogen and oxygen atoms in total. The van der Waals surface area contributed by atoms with Gasteiger partial charge in [-0.1, -0.05) is 23.9 Å². The predicted octanol–water partition coefficient (Wildman–Crippen LogP) is 1.57. The molecule has 2 rings (SSSR count). The van der Waals surface area contributed by atoms with Gasteiger partial charge in [0.25, 0.3) is 0 Å². The third-order valence-corrected chi connectivity index (χ3v) is 3.14. The van der Waals surface area contributed by atoms with Gasteiger partial charge in [-0.25, -0.2) is 0 Å². The Balaban J connectivity index is 2.24. The zero-order valence-electron chi connectivity index (χ0n) is 7.86. The Morgan fingerprint density at radius 1 is 1.36 bits per heavy atom. The number of ether oxygens (including phenoxy) is 1. The molecule has 1 aliphatic heterocycles. The predicted molar refractivity (Wildman–Crippen MR) is 58.7 cm³/mol. The minimum Gasteiger partial charge on any atom is -0.497 e. The summed E-state index contributed by atoms with van der Waals surface area (Å²) in [7, 11) is 1.65. The minimum atomic E-state index is -0.522. The Kier molecular flexibility index (Phi) is 2.39. The summed E-state index contributed by atoms with van der Waals surface area (Å²) in [5.41, 5.74) is 7.16. The molecule has 0 radical (unpaired) electrons. The molecule has 3 N–H and O–H groups in total. The van der Waals surface area contributed by atoms with Crippen LogP contribution in [0.4, 0.5) is 0 Å². The molecule has 74 valence electrons. The summed E-state index contributed by atoms with van der Waals surface area (Å²) in [4.78, 5) is -0.522. The zero-order chi connectivity index (χ0) is 10.0. The quantitative estimate of drug-likeness (QED) is 0.774. The number of methoxy groups -OCH3 is 1. The van der Waals surface area contributed by atoms with Gasteiger partial charge in [-0.2, -0.15) is 0 Å². The molecule has 0 aromatic heterocycles. The second kappa shape index (κ2) is 3.55. The average molecular weight is 208 g/mol.